The summed E-state index contributed by atoms with van der Waals surface area (Å²) in [5, 5.41) is 10.7. The van der Waals surface area contributed by atoms with Crippen molar-refractivity contribution >= 4 is 17.8 Å². The molecule has 3 rings (SSSR count). The van der Waals surface area contributed by atoms with Crippen LogP contribution in [-0.2, 0) is 15.9 Å². The van der Waals surface area contributed by atoms with Gasteiger partial charge in [-0.2, -0.15) is 0 Å². The molecule has 5 heteroatoms. The summed E-state index contributed by atoms with van der Waals surface area (Å²) in [6.07, 6.45) is 4.85. The van der Waals surface area contributed by atoms with Gasteiger partial charge in [-0.25, -0.2) is 0 Å². The first-order valence-electron chi connectivity index (χ1n) is 8.24. The fourth-order valence-electron chi connectivity index (χ4n) is 2.79. The van der Waals surface area contributed by atoms with Gasteiger partial charge in [0, 0.05) is 18.6 Å². The number of hydrogen-bond donors (Lipinski definition) is 0. The second kappa shape index (κ2) is 7.17. The van der Waals surface area contributed by atoms with Gasteiger partial charge in [0.25, 0.3) is 5.69 Å². The zero-order chi connectivity index (χ0) is 17.9. The smallest absolute Gasteiger partial charge is 0.269 e. The van der Waals surface area contributed by atoms with E-state index in [0.29, 0.717) is 6.61 Å². The highest BCUT2D eigenvalue weighted by atomic mass is 16.7. The maximum absolute atomic E-state index is 10.7. The third-order valence-corrected chi connectivity index (χ3v) is 4.08. The van der Waals surface area contributed by atoms with Gasteiger partial charge in [0.05, 0.1) is 17.6 Å². The predicted octanol–water partition coefficient (Wildman–Crippen LogP) is 4.46. The molecule has 1 heterocycles. The molecule has 0 amide bonds. The van der Waals surface area contributed by atoms with E-state index in [0.717, 1.165) is 17.5 Å². The van der Waals surface area contributed by atoms with Crippen LogP contribution in [0, 0.1) is 10.1 Å². The largest absolute Gasteiger partial charge is 0.348 e. The summed E-state index contributed by atoms with van der Waals surface area (Å²) in [7, 11) is 0. The van der Waals surface area contributed by atoms with Gasteiger partial charge in [0.1, 0.15) is 0 Å². The number of nitro benzene ring substituents is 1. The van der Waals surface area contributed by atoms with Crippen molar-refractivity contribution in [2.45, 2.75) is 32.2 Å². The molecule has 0 aromatic heterocycles. The van der Waals surface area contributed by atoms with Crippen LogP contribution in [-0.4, -0.2) is 23.4 Å². The predicted molar refractivity (Wildman–Crippen MR) is 97.1 cm³/mol. The van der Waals surface area contributed by atoms with Gasteiger partial charge < -0.3 is 9.47 Å². The van der Waals surface area contributed by atoms with Crippen LogP contribution in [0.15, 0.2) is 48.5 Å². The normalized spacial score (nSPS) is 19.4. The standard InChI is InChI=1S/C20H21NO4/c1-20(2)24-14-19(25-20)13-17-7-5-15(6-8-17)3-4-16-9-11-18(12-10-16)21(22)23/h3-12,19H,13-14H2,1-2H3. The van der Waals surface area contributed by atoms with E-state index >= 15 is 0 Å². The summed E-state index contributed by atoms with van der Waals surface area (Å²) < 4.78 is 11.4. The second-order valence-corrected chi connectivity index (χ2v) is 6.58. The molecule has 25 heavy (non-hydrogen) atoms. The van der Waals surface area contributed by atoms with Crippen LogP contribution >= 0.6 is 0 Å². The Morgan fingerprint density at radius 1 is 1.08 bits per heavy atom. The first-order valence-corrected chi connectivity index (χ1v) is 8.24. The molecule has 1 fully saturated rings. The minimum absolute atomic E-state index is 0.0940. The van der Waals surface area contributed by atoms with Crippen molar-refractivity contribution in [3.05, 3.63) is 75.3 Å². The van der Waals surface area contributed by atoms with Crippen molar-refractivity contribution in [2.75, 3.05) is 6.61 Å². The van der Waals surface area contributed by atoms with Crippen LogP contribution in [0.4, 0.5) is 5.69 Å². The highest BCUT2D eigenvalue weighted by Gasteiger charge is 2.32. The molecular formula is C20H21NO4. The van der Waals surface area contributed by atoms with Gasteiger partial charge in [-0.05, 0) is 42.7 Å². The van der Waals surface area contributed by atoms with Crippen molar-refractivity contribution in [3.63, 3.8) is 0 Å². The van der Waals surface area contributed by atoms with E-state index in [1.54, 1.807) is 12.1 Å². The minimum atomic E-state index is -0.488. The highest BCUT2D eigenvalue weighted by molar-refractivity contribution is 5.70. The quantitative estimate of drug-likeness (QED) is 0.458. The van der Waals surface area contributed by atoms with E-state index in [1.165, 1.54) is 17.7 Å². The number of ether oxygens (including phenoxy) is 2. The second-order valence-electron chi connectivity index (χ2n) is 6.58. The van der Waals surface area contributed by atoms with Gasteiger partial charge >= 0.3 is 0 Å². The summed E-state index contributed by atoms with van der Waals surface area (Å²) in [4.78, 5) is 10.3. The molecule has 0 bridgehead atoms. The molecule has 1 aliphatic rings. The molecule has 0 N–H and O–H groups in total. The third kappa shape index (κ3) is 4.75. The topological polar surface area (TPSA) is 61.6 Å². The molecule has 1 saturated heterocycles. The number of benzene rings is 2. The molecule has 0 spiro atoms. The van der Waals surface area contributed by atoms with Crippen molar-refractivity contribution in [1.29, 1.82) is 0 Å². The lowest BCUT2D eigenvalue weighted by Gasteiger charge is -2.17. The Balaban J connectivity index is 1.59. The number of nitrogens with zero attached hydrogens (tertiary/aromatic N) is 1. The van der Waals surface area contributed by atoms with E-state index in [9.17, 15) is 10.1 Å². The molecule has 130 valence electrons. The van der Waals surface area contributed by atoms with Crippen LogP contribution in [0.5, 0.6) is 0 Å². The maximum atomic E-state index is 10.7. The summed E-state index contributed by atoms with van der Waals surface area (Å²) in [5.74, 6) is -0.488. The van der Waals surface area contributed by atoms with E-state index < -0.39 is 10.7 Å². The Hall–Kier alpha value is -2.50. The monoisotopic (exact) mass is 339 g/mol. The molecule has 1 unspecified atom stereocenters. The van der Waals surface area contributed by atoms with Crippen LogP contribution < -0.4 is 0 Å². The molecule has 0 radical (unpaired) electrons. The Bertz CT molecular complexity index is 763. The summed E-state index contributed by atoms with van der Waals surface area (Å²) in [5.41, 5.74) is 3.31. The number of nitro groups is 1. The van der Waals surface area contributed by atoms with Crippen molar-refractivity contribution in [1.82, 2.24) is 0 Å². The number of hydrogen-bond acceptors (Lipinski definition) is 4. The number of rotatable bonds is 5. The van der Waals surface area contributed by atoms with Gasteiger partial charge in [-0.1, -0.05) is 36.4 Å². The van der Waals surface area contributed by atoms with Gasteiger partial charge in [0.15, 0.2) is 5.79 Å². The first kappa shape index (κ1) is 17.3. The van der Waals surface area contributed by atoms with E-state index in [-0.39, 0.29) is 11.8 Å². The lowest BCUT2D eigenvalue weighted by Crippen LogP contribution is -2.22. The summed E-state index contributed by atoms with van der Waals surface area (Å²) in [6.45, 7) is 4.48. The third-order valence-electron chi connectivity index (χ3n) is 4.08. The van der Waals surface area contributed by atoms with E-state index in [1.807, 2.05) is 26.0 Å². The van der Waals surface area contributed by atoms with E-state index in [4.69, 9.17) is 9.47 Å². The maximum Gasteiger partial charge on any atom is 0.269 e. The Kier molecular flexibility index (Phi) is 4.97. The van der Waals surface area contributed by atoms with Gasteiger partial charge in [-0.3, -0.25) is 10.1 Å². The molecule has 0 aliphatic carbocycles. The molecule has 2 aromatic carbocycles. The average Bonchev–Trinajstić information content (AvgIpc) is 2.93. The Morgan fingerprint density at radius 3 is 2.12 bits per heavy atom. The van der Waals surface area contributed by atoms with Gasteiger partial charge in [-0.15, -0.1) is 0 Å². The molecule has 1 atom stereocenters. The van der Waals surface area contributed by atoms with Crippen LogP contribution in [0.2, 0.25) is 0 Å². The molecule has 5 nitrogen and oxygen atoms in total. The van der Waals surface area contributed by atoms with Crippen LogP contribution in [0.3, 0.4) is 0 Å². The van der Waals surface area contributed by atoms with Crippen molar-refractivity contribution < 1.29 is 14.4 Å². The fraction of sp³-hybridized carbons (Fsp3) is 0.300. The molecule has 2 aromatic rings. The SMILES string of the molecule is CC1(C)OCC(Cc2ccc(C=Cc3ccc([N+](=O)[O-])cc3)cc2)O1. The lowest BCUT2D eigenvalue weighted by atomic mass is 10.1. The fourth-order valence-corrected chi connectivity index (χ4v) is 2.79. The molecule has 1 aliphatic heterocycles. The zero-order valence-electron chi connectivity index (χ0n) is 14.3. The molecule has 0 saturated carbocycles. The Morgan fingerprint density at radius 2 is 1.64 bits per heavy atom. The summed E-state index contributed by atoms with van der Waals surface area (Å²) >= 11 is 0. The van der Waals surface area contributed by atoms with E-state index in [2.05, 4.69) is 24.3 Å². The van der Waals surface area contributed by atoms with Gasteiger partial charge in [0.2, 0.25) is 0 Å². The molecular weight excluding hydrogens is 318 g/mol. The van der Waals surface area contributed by atoms with Crippen molar-refractivity contribution in [2.24, 2.45) is 0 Å². The number of non-ortho nitro benzene ring substituents is 1. The minimum Gasteiger partial charge on any atom is -0.348 e. The Labute approximate surface area is 147 Å². The highest BCUT2D eigenvalue weighted by Crippen LogP contribution is 2.24. The zero-order valence-corrected chi connectivity index (χ0v) is 14.3. The average molecular weight is 339 g/mol. The van der Waals surface area contributed by atoms with Crippen molar-refractivity contribution in [3.8, 4) is 0 Å². The lowest BCUT2D eigenvalue weighted by molar-refractivity contribution is -0.384. The van der Waals surface area contributed by atoms with Crippen LogP contribution in [0.25, 0.3) is 12.2 Å². The summed E-state index contributed by atoms with van der Waals surface area (Å²) in [6, 6.07) is 14.8. The van der Waals surface area contributed by atoms with Crippen LogP contribution in [0.1, 0.15) is 30.5 Å². The first-order chi connectivity index (χ1) is 11.9.